The SMILES string of the molecule is CC1(C)NC(=O)c2sc(-c3ccncn3)cc2N1. The first-order valence-corrected chi connectivity index (χ1v) is 6.38. The van der Waals surface area contributed by atoms with Crippen LogP contribution < -0.4 is 10.6 Å². The predicted molar refractivity (Wildman–Crippen MR) is 70.5 cm³/mol. The Bertz CT molecular complexity index is 606. The minimum Gasteiger partial charge on any atom is -0.362 e. The predicted octanol–water partition coefficient (Wildman–Crippen LogP) is 2.10. The zero-order valence-corrected chi connectivity index (χ0v) is 10.8. The van der Waals surface area contributed by atoms with Crippen molar-refractivity contribution in [3.63, 3.8) is 0 Å². The number of anilines is 1. The van der Waals surface area contributed by atoms with Gasteiger partial charge >= 0.3 is 0 Å². The maximum Gasteiger partial charge on any atom is 0.265 e. The third kappa shape index (κ3) is 1.84. The first kappa shape index (κ1) is 11.2. The molecule has 0 fully saturated rings. The molecule has 0 spiro atoms. The Morgan fingerprint density at radius 3 is 2.89 bits per heavy atom. The van der Waals surface area contributed by atoms with Crippen LogP contribution in [0.25, 0.3) is 10.6 Å². The summed E-state index contributed by atoms with van der Waals surface area (Å²) in [6, 6.07) is 3.79. The standard InChI is InChI=1S/C12H12N4OS/c1-12(2)15-8-5-9(7-3-4-13-6-14-7)18-10(8)11(17)16-12/h3-6,15H,1-2H3,(H,16,17). The molecule has 1 aliphatic rings. The lowest BCUT2D eigenvalue weighted by Crippen LogP contribution is -2.52. The Morgan fingerprint density at radius 2 is 2.17 bits per heavy atom. The Hall–Kier alpha value is -1.95. The molecule has 0 radical (unpaired) electrons. The maximum atomic E-state index is 12.0. The molecule has 0 atom stereocenters. The van der Waals surface area contributed by atoms with Crippen molar-refractivity contribution in [2.24, 2.45) is 0 Å². The molecule has 6 heteroatoms. The highest BCUT2D eigenvalue weighted by Gasteiger charge is 2.31. The second-order valence-corrected chi connectivity index (χ2v) is 5.70. The van der Waals surface area contributed by atoms with Crippen molar-refractivity contribution in [1.29, 1.82) is 0 Å². The smallest absolute Gasteiger partial charge is 0.265 e. The van der Waals surface area contributed by atoms with Gasteiger partial charge in [-0.3, -0.25) is 4.79 Å². The molecular weight excluding hydrogens is 248 g/mol. The molecule has 2 aromatic heterocycles. The number of nitrogens with one attached hydrogen (secondary N) is 2. The molecule has 18 heavy (non-hydrogen) atoms. The average Bonchev–Trinajstić information content (AvgIpc) is 2.72. The summed E-state index contributed by atoms with van der Waals surface area (Å²) in [5, 5.41) is 6.20. The van der Waals surface area contributed by atoms with Gasteiger partial charge in [0.15, 0.2) is 0 Å². The minimum atomic E-state index is -0.423. The van der Waals surface area contributed by atoms with Gasteiger partial charge in [0, 0.05) is 6.20 Å². The molecule has 3 rings (SSSR count). The van der Waals surface area contributed by atoms with Crippen molar-refractivity contribution in [2.45, 2.75) is 19.5 Å². The van der Waals surface area contributed by atoms with E-state index < -0.39 is 5.66 Å². The number of amides is 1. The second-order valence-electron chi connectivity index (χ2n) is 4.65. The number of carbonyl (C=O) groups excluding carboxylic acids is 1. The number of nitrogens with zero attached hydrogens (tertiary/aromatic N) is 2. The molecular formula is C12H12N4OS. The van der Waals surface area contributed by atoms with E-state index in [4.69, 9.17) is 0 Å². The fourth-order valence-corrected chi connectivity index (χ4v) is 2.91. The molecule has 2 N–H and O–H groups in total. The summed E-state index contributed by atoms with van der Waals surface area (Å²) >= 11 is 1.43. The van der Waals surface area contributed by atoms with Gasteiger partial charge in [-0.1, -0.05) is 0 Å². The summed E-state index contributed by atoms with van der Waals surface area (Å²) in [6.07, 6.45) is 3.20. The summed E-state index contributed by atoms with van der Waals surface area (Å²) in [5.74, 6) is -0.0425. The van der Waals surface area contributed by atoms with Crippen LogP contribution in [0.1, 0.15) is 23.5 Å². The normalized spacial score (nSPS) is 16.7. The van der Waals surface area contributed by atoms with Gasteiger partial charge in [0.1, 0.15) is 16.9 Å². The summed E-state index contributed by atoms with van der Waals surface area (Å²) < 4.78 is 0. The van der Waals surface area contributed by atoms with E-state index in [1.807, 2.05) is 26.0 Å². The molecule has 92 valence electrons. The molecule has 0 saturated carbocycles. The number of aromatic nitrogens is 2. The molecule has 3 heterocycles. The van der Waals surface area contributed by atoms with Gasteiger partial charge < -0.3 is 10.6 Å². The number of hydrogen-bond acceptors (Lipinski definition) is 5. The molecule has 5 nitrogen and oxygen atoms in total. The summed E-state index contributed by atoms with van der Waals surface area (Å²) in [4.78, 5) is 21.7. The van der Waals surface area contributed by atoms with Crippen molar-refractivity contribution in [2.75, 3.05) is 5.32 Å². The van der Waals surface area contributed by atoms with E-state index in [1.54, 1.807) is 6.20 Å². The highest BCUT2D eigenvalue weighted by molar-refractivity contribution is 7.18. The van der Waals surface area contributed by atoms with Gasteiger partial charge in [-0.25, -0.2) is 9.97 Å². The Morgan fingerprint density at radius 1 is 1.33 bits per heavy atom. The van der Waals surface area contributed by atoms with Gasteiger partial charge in [-0.2, -0.15) is 0 Å². The number of hydrogen-bond donors (Lipinski definition) is 2. The van der Waals surface area contributed by atoms with Crippen LogP contribution >= 0.6 is 11.3 Å². The highest BCUT2D eigenvalue weighted by Crippen LogP contribution is 2.36. The van der Waals surface area contributed by atoms with Crippen molar-refractivity contribution in [3.05, 3.63) is 29.5 Å². The third-order valence-electron chi connectivity index (χ3n) is 2.65. The molecule has 1 aliphatic heterocycles. The van der Waals surface area contributed by atoms with Gasteiger partial charge in [0.2, 0.25) is 0 Å². The highest BCUT2D eigenvalue weighted by atomic mass is 32.1. The van der Waals surface area contributed by atoms with E-state index in [2.05, 4.69) is 20.6 Å². The molecule has 0 aliphatic carbocycles. The van der Waals surface area contributed by atoms with E-state index in [0.717, 1.165) is 16.3 Å². The van der Waals surface area contributed by atoms with Crippen LogP contribution in [-0.4, -0.2) is 21.5 Å². The Labute approximate surface area is 108 Å². The topological polar surface area (TPSA) is 66.9 Å². The minimum absolute atomic E-state index is 0.0425. The summed E-state index contributed by atoms with van der Waals surface area (Å²) in [6.45, 7) is 3.85. The lowest BCUT2D eigenvalue weighted by Gasteiger charge is -2.32. The monoisotopic (exact) mass is 260 g/mol. The van der Waals surface area contributed by atoms with Gasteiger partial charge in [-0.05, 0) is 26.0 Å². The zero-order valence-electron chi connectivity index (χ0n) is 10.0. The molecule has 0 bridgehead atoms. The van der Waals surface area contributed by atoms with Crippen molar-refractivity contribution in [1.82, 2.24) is 15.3 Å². The van der Waals surface area contributed by atoms with Crippen LogP contribution in [0.2, 0.25) is 0 Å². The summed E-state index contributed by atoms with van der Waals surface area (Å²) in [7, 11) is 0. The van der Waals surface area contributed by atoms with E-state index in [0.29, 0.717) is 4.88 Å². The molecule has 0 aromatic carbocycles. The maximum absolute atomic E-state index is 12.0. The number of thiophene rings is 1. The zero-order chi connectivity index (χ0) is 12.8. The van der Waals surface area contributed by atoms with E-state index >= 15 is 0 Å². The quantitative estimate of drug-likeness (QED) is 0.824. The summed E-state index contributed by atoms with van der Waals surface area (Å²) in [5.41, 5.74) is 1.27. The first-order valence-electron chi connectivity index (χ1n) is 5.56. The second kappa shape index (κ2) is 3.78. The van der Waals surface area contributed by atoms with Gasteiger partial charge in [0.05, 0.1) is 16.3 Å². The van der Waals surface area contributed by atoms with Crippen molar-refractivity contribution < 1.29 is 4.79 Å². The third-order valence-corrected chi connectivity index (χ3v) is 3.80. The van der Waals surface area contributed by atoms with E-state index in [-0.39, 0.29) is 5.91 Å². The molecule has 0 saturated heterocycles. The van der Waals surface area contributed by atoms with Gasteiger partial charge in [0.25, 0.3) is 5.91 Å². The fraction of sp³-hybridized carbons (Fsp3) is 0.250. The van der Waals surface area contributed by atoms with Crippen LogP contribution in [0.3, 0.4) is 0 Å². The average molecular weight is 260 g/mol. The molecule has 0 unspecified atom stereocenters. The van der Waals surface area contributed by atoms with Gasteiger partial charge in [-0.15, -0.1) is 11.3 Å². The lowest BCUT2D eigenvalue weighted by molar-refractivity contribution is 0.0919. The number of rotatable bonds is 1. The lowest BCUT2D eigenvalue weighted by atomic mass is 10.1. The molecule has 1 amide bonds. The number of fused-ring (bicyclic) bond motifs is 1. The van der Waals surface area contributed by atoms with E-state index in [9.17, 15) is 4.79 Å². The van der Waals surface area contributed by atoms with Crippen molar-refractivity contribution >= 4 is 22.9 Å². The van der Waals surface area contributed by atoms with Crippen LogP contribution in [0.5, 0.6) is 0 Å². The first-order chi connectivity index (χ1) is 8.55. The van der Waals surface area contributed by atoms with Crippen LogP contribution in [0, 0.1) is 0 Å². The Kier molecular flexibility index (Phi) is 2.34. The van der Waals surface area contributed by atoms with Crippen LogP contribution in [0.15, 0.2) is 24.7 Å². The molecule has 2 aromatic rings. The van der Waals surface area contributed by atoms with Crippen LogP contribution in [-0.2, 0) is 0 Å². The largest absolute Gasteiger partial charge is 0.362 e. The fourth-order valence-electron chi connectivity index (χ4n) is 1.92. The van der Waals surface area contributed by atoms with Crippen molar-refractivity contribution in [3.8, 4) is 10.6 Å². The Balaban J connectivity index is 2.06. The number of carbonyl (C=O) groups is 1. The van der Waals surface area contributed by atoms with E-state index in [1.165, 1.54) is 17.7 Å². The van der Waals surface area contributed by atoms with Crippen LogP contribution in [0.4, 0.5) is 5.69 Å².